The molecule has 0 amide bonds. The molecule has 0 aliphatic heterocycles. The number of nitrogens with zero attached hydrogens (tertiary/aromatic N) is 4. The Morgan fingerprint density at radius 3 is 1.64 bits per heavy atom. The monoisotopic (exact) mass is 754 g/mol. The predicted octanol–water partition coefficient (Wildman–Crippen LogP) is 10.4. The summed E-state index contributed by atoms with van der Waals surface area (Å²) in [5.41, 5.74) is 0. The lowest BCUT2D eigenvalue weighted by Crippen LogP contribution is -2.38. The molecular formula is C42H83N5O6. The highest BCUT2D eigenvalue weighted by Gasteiger charge is 2.14. The summed E-state index contributed by atoms with van der Waals surface area (Å²) in [6.07, 6.45) is 30.1. The molecule has 0 spiro atoms. The van der Waals surface area contributed by atoms with Crippen molar-refractivity contribution >= 4 is 17.9 Å². The number of nitrogens with one attached hydrogen (secondary N) is 1. The SMILES string of the molecule is CCCCCCCCOC(=O)CCCCCCCN(CCCCCCCC(=O)OC(CCCCC)CCCCCC)CCCN/C(=N/[N+](=O)[O-])N(C)C. The molecular weight excluding hydrogens is 670 g/mol. The number of carbonyl (C=O) groups is 2. The van der Waals surface area contributed by atoms with E-state index in [-0.39, 0.29) is 24.0 Å². The van der Waals surface area contributed by atoms with E-state index in [0.717, 1.165) is 129 Å². The fraction of sp³-hybridized carbons (Fsp3) is 0.929. The molecule has 11 nitrogen and oxygen atoms in total. The number of ether oxygens (including phenoxy) is 2. The van der Waals surface area contributed by atoms with Crippen LogP contribution in [-0.4, -0.2) is 85.7 Å². The lowest BCUT2D eigenvalue weighted by Gasteiger charge is -2.23. The first-order chi connectivity index (χ1) is 25.7. The number of hydrogen-bond acceptors (Lipinski definition) is 7. The third kappa shape index (κ3) is 35.1. The number of rotatable bonds is 38. The van der Waals surface area contributed by atoms with Gasteiger partial charge in [0.1, 0.15) is 11.2 Å². The van der Waals surface area contributed by atoms with Gasteiger partial charge in [-0.25, -0.2) is 10.1 Å². The van der Waals surface area contributed by atoms with Gasteiger partial charge in [-0.3, -0.25) is 9.59 Å². The van der Waals surface area contributed by atoms with Crippen molar-refractivity contribution < 1.29 is 24.1 Å². The van der Waals surface area contributed by atoms with Crippen LogP contribution in [0.5, 0.6) is 0 Å². The molecule has 0 saturated carbocycles. The third-order valence-electron chi connectivity index (χ3n) is 9.81. The molecule has 1 atom stereocenters. The second kappa shape index (κ2) is 37.9. The first-order valence-electron chi connectivity index (χ1n) is 21.9. The number of unbranched alkanes of at least 4 members (excludes halogenated alkanes) is 18. The summed E-state index contributed by atoms with van der Waals surface area (Å²) in [6, 6.07) is 0. The predicted molar refractivity (Wildman–Crippen MR) is 220 cm³/mol. The number of hydrazone groups is 1. The van der Waals surface area contributed by atoms with Crippen LogP contribution in [0, 0.1) is 10.1 Å². The first-order valence-corrected chi connectivity index (χ1v) is 21.9. The van der Waals surface area contributed by atoms with Crippen molar-refractivity contribution in [3.8, 4) is 0 Å². The first kappa shape index (κ1) is 50.6. The zero-order valence-electron chi connectivity index (χ0n) is 35.2. The number of nitro groups is 1. The molecule has 0 fully saturated rings. The van der Waals surface area contributed by atoms with Crippen molar-refractivity contribution in [3.63, 3.8) is 0 Å². The van der Waals surface area contributed by atoms with Gasteiger partial charge in [0.2, 0.25) is 0 Å². The molecule has 312 valence electrons. The summed E-state index contributed by atoms with van der Waals surface area (Å²) in [5, 5.41) is 16.8. The number of hydrogen-bond donors (Lipinski definition) is 1. The molecule has 53 heavy (non-hydrogen) atoms. The van der Waals surface area contributed by atoms with Gasteiger partial charge in [0.15, 0.2) is 5.03 Å². The minimum Gasteiger partial charge on any atom is -0.466 e. The summed E-state index contributed by atoms with van der Waals surface area (Å²) < 4.78 is 11.3. The summed E-state index contributed by atoms with van der Waals surface area (Å²) in [7, 11) is 3.48. The van der Waals surface area contributed by atoms with Crippen LogP contribution in [-0.2, 0) is 19.1 Å². The van der Waals surface area contributed by atoms with Crippen LogP contribution >= 0.6 is 0 Å². The van der Waals surface area contributed by atoms with E-state index in [1.165, 1.54) is 57.8 Å². The lowest BCUT2D eigenvalue weighted by molar-refractivity contribution is -0.485. The molecule has 11 heteroatoms. The molecule has 0 rings (SSSR count). The molecule has 0 radical (unpaired) electrons. The van der Waals surface area contributed by atoms with E-state index in [0.29, 0.717) is 26.0 Å². The van der Waals surface area contributed by atoms with Crippen LogP contribution in [0.1, 0.15) is 201 Å². The van der Waals surface area contributed by atoms with Crippen molar-refractivity contribution in [2.45, 2.75) is 207 Å². The largest absolute Gasteiger partial charge is 0.466 e. The normalized spacial score (nSPS) is 12.2. The van der Waals surface area contributed by atoms with Gasteiger partial charge < -0.3 is 24.6 Å². The van der Waals surface area contributed by atoms with E-state index in [1.807, 2.05) is 0 Å². The van der Waals surface area contributed by atoms with Crippen LogP contribution in [0.4, 0.5) is 0 Å². The molecule has 0 aromatic heterocycles. The molecule has 0 bridgehead atoms. The van der Waals surface area contributed by atoms with Crippen molar-refractivity contribution in [2.24, 2.45) is 5.10 Å². The van der Waals surface area contributed by atoms with Crippen molar-refractivity contribution in [3.05, 3.63) is 10.1 Å². The van der Waals surface area contributed by atoms with E-state index in [1.54, 1.807) is 19.0 Å². The van der Waals surface area contributed by atoms with Gasteiger partial charge in [0.25, 0.3) is 5.96 Å². The zero-order valence-corrected chi connectivity index (χ0v) is 35.2. The highest BCUT2D eigenvalue weighted by molar-refractivity contribution is 5.78. The van der Waals surface area contributed by atoms with Crippen molar-refractivity contribution in [2.75, 3.05) is 46.9 Å². The minimum atomic E-state index is -0.669. The summed E-state index contributed by atoms with van der Waals surface area (Å²) in [6.45, 7) is 10.8. The Balaban J connectivity index is 4.47. The third-order valence-corrected chi connectivity index (χ3v) is 9.81. The van der Waals surface area contributed by atoms with Gasteiger partial charge in [0.05, 0.1) is 6.61 Å². The van der Waals surface area contributed by atoms with E-state index >= 15 is 0 Å². The Morgan fingerprint density at radius 2 is 1.08 bits per heavy atom. The van der Waals surface area contributed by atoms with Crippen molar-refractivity contribution in [1.82, 2.24) is 15.1 Å². The quantitative estimate of drug-likeness (QED) is 0.0164. The highest BCUT2D eigenvalue weighted by Crippen LogP contribution is 2.17. The Labute approximate surface area is 325 Å². The van der Waals surface area contributed by atoms with Crippen LogP contribution in [0.3, 0.4) is 0 Å². The van der Waals surface area contributed by atoms with Gasteiger partial charge in [-0.05, 0) is 83.8 Å². The second-order valence-corrected chi connectivity index (χ2v) is 15.2. The summed E-state index contributed by atoms with van der Waals surface area (Å²) in [5.74, 6) is 0.181. The Bertz CT molecular complexity index is 903. The van der Waals surface area contributed by atoms with Gasteiger partial charge >= 0.3 is 11.9 Å². The van der Waals surface area contributed by atoms with Crippen LogP contribution in [0.2, 0.25) is 0 Å². The smallest absolute Gasteiger partial charge is 0.306 e. The van der Waals surface area contributed by atoms with E-state index in [2.05, 4.69) is 36.1 Å². The maximum atomic E-state index is 12.6. The van der Waals surface area contributed by atoms with Crippen LogP contribution in [0.25, 0.3) is 0 Å². The Kier molecular flexibility index (Phi) is 36.1. The Hall–Kier alpha value is -2.43. The number of esters is 2. The average molecular weight is 754 g/mol. The standard InChI is InChI=1S/C42H83N5O6/c1-6-9-12-14-21-28-38-52-40(48)32-24-17-15-19-26-35-46(37-29-34-43-42(45(4)5)44-47(50)51)36-27-20-16-18-25-33-41(49)53-39(30-22-11-8-3)31-23-13-10-7-2/h39H,6-38H2,1-5H3,(H,43,44). The molecule has 1 unspecified atom stereocenters. The van der Waals surface area contributed by atoms with Gasteiger partial charge in [-0.1, -0.05) is 124 Å². The fourth-order valence-electron chi connectivity index (χ4n) is 6.54. The summed E-state index contributed by atoms with van der Waals surface area (Å²) in [4.78, 5) is 39.7. The molecule has 0 aromatic carbocycles. The fourth-order valence-corrected chi connectivity index (χ4v) is 6.54. The number of carbonyl (C=O) groups excluding carboxylic acids is 2. The van der Waals surface area contributed by atoms with Gasteiger partial charge in [-0.2, -0.15) is 0 Å². The second-order valence-electron chi connectivity index (χ2n) is 15.2. The molecule has 0 aliphatic rings. The molecule has 1 N–H and O–H groups in total. The van der Waals surface area contributed by atoms with E-state index in [4.69, 9.17) is 9.47 Å². The highest BCUT2D eigenvalue weighted by atomic mass is 16.7. The van der Waals surface area contributed by atoms with Crippen LogP contribution in [0.15, 0.2) is 5.10 Å². The molecule has 0 heterocycles. The zero-order chi connectivity index (χ0) is 39.2. The van der Waals surface area contributed by atoms with Gasteiger partial charge in [-0.15, -0.1) is 0 Å². The maximum absolute atomic E-state index is 12.6. The molecule has 0 aliphatic carbocycles. The van der Waals surface area contributed by atoms with E-state index < -0.39 is 5.03 Å². The van der Waals surface area contributed by atoms with E-state index in [9.17, 15) is 19.7 Å². The molecule has 0 aromatic rings. The lowest BCUT2D eigenvalue weighted by atomic mass is 10.0. The van der Waals surface area contributed by atoms with Crippen molar-refractivity contribution in [1.29, 1.82) is 0 Å². The topological polar surface area (TPSA) is 127 Å². The van der Waals surface area contributed by atoms with Crippen LogP contribution < -0.4 is 5.32 Å². The Morgan fingerprint density at radius 1 is 0.623 bits per heavy atom. The average Bonchev–Trinajstić information content (AvgIpc) is 3.12. The number of guanidine groups is 1. The summed E-state index contributed by atoms with van der Waals surface area (Å²) >= 11 is 0. The van der Waals surface area contributed by atoms with Gasteiger partial charge in [0, 0.05) is 33.5 Å². The maximum Gasteiger partial charge on any atom is 0.306 e. The minimum absolute atomic E-state index is 0.0223. The molecule has 0 saturated heterocycles.